The monoisotopic (exact) mass is 285 g/mol. The van der Waals surface area contributed by atoms with Gasteiger partial charge in [0.2, 0.25) is 5.95 Å². The van der Waals surface area contributed by atoms with Gasteiger partial charge in [0.15, 0.2) is 0 Å². The zero-order valence-electron chi connectivity index (χ0n) is 12.8. The van der Waals surface area contributed by atoms with Gasteiger partial charge >= 0.3 is 0 Å². The summed E-state index contributed by atoms with van der Waals surface area (Å²) < 4.78 is 0. The second-order valence-electron chi connectivity index (χ2n) is 5.98. The van der Waals surface area contributed by atoms with Crippen LogP contribution in [0.15, 0.2) is 29.1 Å². The van der Waals surface area contributed by atoms with Crippen LogP contribution in [0.25, 0.3) is 10.9 Å². The van der Waals surface area contributed by atoms with Crippen LogP contribution in [0.5, 0.6) is 0 Å². The molecule has 1 unspecified atom stereocenters. The molecule has 0 spiro atoms. The summed E-state index contributed by atoms with van der Waals surface area (Å²) in [5.41, 5.74) is 0.740. The van der Waals surface area contributed by atoms with Gasteiger partial charge in [-0.1, -0.05) is 38.8 Å². The number of fused-ring (bicyclic) bond motifs is 1. The number of para-hydroxylation sites is 1. The molecule has 2 aromatic rings. The lowest BCUT2D eigenvalue weighted by molar-refractivity contribution is 0.339. The molecule has 1 aromatic carbocycles. The molecule has 1 aliphatic rings. The van der Waals surface area contributed by atoms with Crippen LogP contribution in [0.1, 0.15) is 33.1 Å². The third-order valence-electron chi connectivity index (χ3n) is 4.84. The number of rotatable bonds is 4. The minimum Gasteiger partial charge on any atom is -0.342 e. The van der Waals surface area contributed by atoms with E-state index in [9.17, 15) is 4.79 Å². The van der Waals surface area contributed by atoms with Crippen molar-refractivity contribution in [2.45, 2.75) is 33.1 Å². The second-order valence-corrected chi connectivity index (χ2v) is 5.98. The van der Waals surface area contributed by atoms with E-state index in [2.05, 4.69) is 28.7 Å². The molecular weight excluding hydrogens is 262 g/mol. The Balaban J connectivity index is 1.87. The fourth-order valence-corrected chi connectivity index (χ4v) is 3.54. The number of benzene rings is 1. The van der Waals surface area contributed by atoms with Crippen LogP contribution in [0, 0.1) is 11.8 Å². The summed E-state index contributed by atoms with van der Waals surface area (Å²) in [6.07, 6.45) is 3.66. The Kier molecular flexibility index (Phi) is 3.95. The predicted molar refractivity (Wildman–Crippen MR) is 86.8 cm³/mol. The lowest BCUT2D eigenvalue weighted by atomic mass is 9.87. The molecule has 1 saturated heterocycles. The Bertz CT molecular complexity index is 675. The Labute approximate surface area is 125 Å². The van der Waals surface area contributed by atoms with E-state index in [1.807, 2.05) is 24.3 Å². The number of aromatic nitrogens is 2. The number of hydrogen-bond acceptors (Lipinski definition) is 3. The first-order chi connectivity index (χ1) is 10.2. The van der Waals surface area contributed by atoms with E-state index >= 15 is 0 Å². The zero-order chi connectivity index (χ0) is 14.8. The average molecular weight is 285 g/mol. The largest absolute Gasteiger partial charge is 0.342 e. The van der Waals surface area contributed by atoms with E-state index in [1.54, 1.807) is 0 Å². The Hall–Kier alpha value is -1.84. The molecule has 2 heterocycles. The molecule has 0 amide bonds. The van der Waals surface area contributed by atoms with Crippen molar-refractivity contribution in [1.29, 1.82) is 0 Å². The third-order valence-corrected chi connectivity index (χ3v) is 4.84. The van der Waals surface area contributed by atoms with Crippen molar-refractivity contribution in [3.63, 3.8) is 0 Å². The maximum atomic E-state index is 12.2. The Morgan fingerprint density at radius 1 is 1.33 bits per heavy atom. The fourth-order valence-electron chi connectivity index (χ4n) is 3.54. The lowest BCUT2D eigenvalue weighted by Gasteiger charge is -2.21. The van der Waals surface area contributed by atoms with E-state index in [-0.39, 0.29) is 5.56 Å². The normalized spacial score (nSPS) is 18.8. The summed E-state index contributed by atoms with van der Waals surface area (Å²) in [5.74, 6) is 2.23. The Morgan fingerprint density at radius 3 is 2.86 bits per heavy atom. The van der Waals surface area contributed by atoms with Crippen LogP contribution in [0.3, 0.4) is 0 Å². The van der Waals surface area contributed by atoms with Crippen LogP contribution in [0.4, 0.5) is 5.95 Å². The molecule has 0 bridgehead atoms. The highest BCUT2D eigenvalue weighted by Crippen LogP contribution is 2.30. The van der Waals surface area contributed by atoms with Crippen LogP contribution in [-0.4, -0.2) is 23.1 Å². The smallest absolute Gasteiger partial charge is 0.260 e. The fraction of sp³-hybridized carbons (Fsp3) is 0.529. The van der Waals surface area contributed by atoms with Crippen molar-refractivity contribution < 1.29 is 0 Å². The van der Waals surface area contributed by atoms with Gasteiger partial charge in [0, 0.05) is 13.1 Å². The highest BCUT2D eigenvalue weighted by atomic mass is 16.1. The molecule has 0 saturated carbocycles. The number of nitrogens with zero attached hydrogens (tertiary/aromatic N) is 2. The maximum Gasteiger partial charge on any atom is 0.260 e. The summed E-state index contributed by atoms with van der Waals surface area (Å²) in [6.45, 7) is 6.54. The van der Waals surface area contributed by atoms with E-state index < -0.39 is 0 Å². The standard InChI is InChI=1S/C17H23N3O/c1-3-12(4-2)13-9-10-20(11-13)17-18-15-8-6-5-7-14(15)16(21)19-17/h5-8,12-13H,3-4,9-11H2,1-2H3,(H,18,19,21). The maximum absolute atomic E-state index is 12.2. The summed E-state index contributed by atoms with van der Waals surface area (Å²) in [6, 6.07) is 7.53. The van der Waals surface area contributed by atoms with Gasteiger partial charge in [-0.25, -0.2) is 4.98 Å². The zero-order valence-corrected chi connectivity index (χ0v) is 12.8. The SMILES string of the molecule is CCC(CC)C1CCN(c2nc3ccccc3c(=O)[nH]2)C1. The summed E-state index contributed by atoms with van der Waals surface area (Å²) >= 11 is 0. The van der Waals surface area contributed by atoms with Crippen molar-refractivity contribution in [1.82, 2.24) is 9.97 Å². The lowest BCUT2D eigenvalue weighted by Crippen LogP contribution is -2.26. The first-order valence-corrected chi connectivity index (χ1v) is 7.97. The molecule has 0 radical (unpaired) electrons. The highest BCUT2D eigenvalue weighted by Gasteiger charge is 2.28. The van der Waals surface area contributed by atoms with E-state index in [0.29, 0.717) is 5.39 Å². The molecule has 1 atom stereocenters. The van der Waals surface area contributed by atoms with Gasteiger partial charge in [-0.15, -0.1) is 0 Å². The molecule has 21 heavy (non-hydrogen) atoms. The minimum absolute atomic E-state index is 0.0402. The van der Waals surface area contributed by atoms with Crippen LogP contribution in [0.2, 0.25) is 0 Å². The molecule has 0 aliphatic carbocycles. The van der Waals surface area contributed by atoms with Gasteiger partial charge in [0.1, 0.15) is 0 Å². The molecule has 1 aromatic heterocycles. The number of hydrogen-bond donors (Lipinski definition) is 1. The van der Waals surface area contributed by atoms with Crippen molar-refractivity contribution in [2.24, 2.45) is 11.8 Å². The molecule has 1 fully saturated rings. The number of H-pyrrole nitrogens is 1. The van der Waals surface area contributed by atoms with Gasteiger partial charge in [0.25, 0.3) is 5.56 Å². The average Bonchev–Trinajstić information content (AvgIpc) is 2.98. The molecule has 1 aliphatic heterocycles. The quantitative estimate of drug-likeness (QED) is 0.938. The summed E-state index contributed by atoms with van der Waals surface area (Å²) in [5, 5.41) is 0.664. The second kappa shape index (κ2) is 5.88. The highest BCUT2D eigenvalue weighted by molar-refractivity contribution is 5.78. The molecule has 112 valence electrons. The first kappa shape index (κ1) is 14.1. The van der Waals surface area contributed by atoms with Crippen LogP contribution >= 0.6 is 0 Å². The topological polar surface area (TPSA) is 49.0 Å². The van der Waals surface area contributed by atoms with Crippen LogP contribution < -0.4 is 10.5 Å². The predicted octanol–water partition coefficient (Wildman–Crippen LogP) is 3.19. The van der Waals surface area contributed by atoms with Crippen molar-refractivity contribution >= 4 is 16.9 Å². The van der Waals surface area contributed by atoms with Gasteiger partial charge in [-0.05, 0) is 30.4 Å². The van der Waals surface area contributed by atoms with Crippen molar-refractivity contribution in [3.8, 4) is 0 Å². The van der Waals surface area contributed by atoms with Crippen molar-refractivity contribution in [3.05, 3.63) is 34.6 Å². The molecular formula is C17H23N3O. The van der Waals surface area contributed by atoms with E-state index in [0.717, 1.165) is 36.4 Å². The summed E-state index contributed by atoms with van der Waals surface area (Å²) in [4.78, 5) is 22.0. The molecule has 3 rings (SSSR count). The van der Waals surface area contributed by atoms with Gasteiger partial charge < -0.3 is 4.90 Å². The number of anilines is 1. The molecule has 1 N–H and O–H groups in total. The minimum atomic E-state index is -0.0402. The number of aromatic amines is 1. The third kappa shape index (κ3) is 2.67. The summed E-state index contributed by atoms with van der Waals surface area (Å²) in [7, 11) is 0. The van der Waals surface area contributed by atoms with Crippen molar-refractivity contribution in [2.75, 3.05) is 18.0 Å². The van der Waals surface area contributed by atoms with E-state index in [4.69, 9.17) is 0 Å². The van der Waals surface area contributed by atoms with Gasteiger partial charge in [-0.3, -0.25) is 9.78 Å². The first-order valence-electron chi connectivity index (χ1n) is 7.97. The Morgan fingerprint density at radius 2 is 2.10 bits per heavy atom. The molecule has 4 nitrogen and oxygen atoms in total. The van der Waals surface area contributed by atoms with Gasteiger partial charge in [-0.2, -0.15) is 0 Å². The molecule has 4 heteroatoms. The van der Waals surface area contributed by atoms with Crippen LogP contribution in [-0.2, 0) is 0 Å². The number of nitrogens with one attached hydrogen (secondary N) is 1. The van der Waals surface area contributed by atoms with E-state index in [1.165, 1.54) is 19.3 Å². The van der Waals surface area contributed by atoms with Gasteiger partial charge in [0.05, 0.1) is 10.9 Å².